The Morgan fingerprint density at radius 2 is 1.97 bits per heavy atom. The van der Waals surface area contributed by atoms with E-state index in [0.29, 0.717) is 29.6 Å². The standard InChI is InChI=1S/C23H27ClN4O3/c1-15-5-10-19(12-21(15)24)27-23(26-14-20-4-3-11-31-20)28-22(30)18-8-6-17(7-9-18)13-25-16(2)29/h5-10,12,20H,3-4,11,13-14H2,1-2H3,(H,25,29)(H2,26,27,28,30)/t20-/m1/s1. The Labute approximate surface area is 187 Å². The van der Waals surface area contributed by atoms with E-state index in [9.17, 15) is 9.59 Å². The third-order valence-corrected chi connectivity index (χ3v) is 5.31. The van der Waals surface area contributed by atoms with E-state index in [2.05, 4.69) is 20.9 Å². The maximum absolute atomic E-state index is 12.8. The number of guanidine groups is 1. The summed E-state index contributed by atoms with van der Waals surface area (Å²) >= 11 is 6.23. The van der Waals surface area contributed by atoms with E-state index in [1.165, 1.54) is 6.92 Å². The largest absolute Gasteiger partial charge is 0.376 e. The predicted octanol–water partition coefficient (Wildman–Crippen LogP) is 3.66. The van der Waals surface area contributed by atoms with Gasteiger partial charge < -0.3 is 15.4 Å². The van der Waals surface area contributed by atoms with Gasteiger partial charge >= 0.3 is 0 Å². The molecule has 0 saturated carbocycles. The quantitative estimate of drug-likeness (QED) is 0.470. The summed E-state index contributed by atoms with van der Waals surface area (Å²) in [5.41, 5.74) is 3.09. The molecule has 0 radical (unpaired) electrons. The van der Waals surface area contributed by atoms with E-state index in [0.717, 1.165) is 36.3 Å². The molecule has 1 atom stereocenters. The van der Waals surface area contributed by atoms with Crippen LogP contribution < -0.4 is 16.0 Å². The van der Waals surface area contributed by atoms with Crippen molar-refractivity contribution < 1.29 is 14.3 Å². The normalized spacial score (nSPS) is 16.1. The van der Waals surface area contributed by atoms with E-state index in [1.807, 2.05) is 19.1 Å². The molecular formula is C23H27ClN4O3. The summed E-state index contributed by atoms with van der Waals surface area (Å²) in [5, 5.41) is 9.35. The first-order chi connectivity index (χ1) is 14.9. The van der Waals surface area contributed by atoms with Crippen molar-refractivity contribution in [2.75, 3.05) is 18.5 Å². The van der Waals surface area contributed by atoms with Crippen molar-refractivity contribution in [2.45, 2.75) is 39.3 Å². The van der Waals surface area contributed by atoms with E-state index >= 15 is 0 Å². The SMILES string of the molecule is CC(=O)NCc1ccc(C(=O)NC(=NC[C@H]2CCCO2)Nc2ccc(C)c(Cl)c2)cc1. The van der Waals surface area contributed by atoms with Gasteiger partial charge in [-0.3, -0.25) is 14.9 Å². The number of hydrogen-bond donors (Lipinski definition) is 3. The molecule has 31 heavy (non-hydrogen) atoms. The summed E-state index contributed by atoms with van der Waals surface area (Å²) in [7, 11) is 0. The molecule has 1 fully saturated rings. The lowest BCUT2D eigenvalue weighted by Gasteiger charge is -2.14. The molecule has 1 saturated heterocycles. The van der Waals surface area contributed by atoms with E-state index < -0.39 is 0 Å². The molecule has 3 N–H and O–H groups in total. The molecule has 3 rings (SSSR count). The van der Waals surface area contributed by atoms with Gasteiger partial charge in [-0.15, -0.1) is 0 Å². The van der Waals surface area contributed by atoms with Crippen molar-refractivity contribution in [3.63, 3.8) is 0 Å². The summed E-state index contributed by atoms with van der Waals surface area (Å²) < 4.78 is 5.63. The molecule has 0 aromatic heterocycles. The number of carbonyl (C=O) groups is 2. The number of aliphatic imine (C=N–C) groups is 1. The summed E-state index contributed by atoms with van der Waals surface area (Å²) in [6, 6.07) is 12.6. The Hall–Kier alpha value is -2.90. The number of halogens is 1. The van der Waals surface area contributed by atoms with Crippen molar-refractivity contribution in [2.24, 2.45) is 4.99 Å². The Balaban J connectivity index is 1.70. The third kappa shape index (κ3) is 7.08. The number of aryl methyl sites for hydroxylation is 1. The first-order valence-corrected chi connectivity index (χ1v) is 10.6. The minimum Gasteiger partial charge on any atom is -0.376 e. The topological polar surface area (TPSA) is 91.8 Å². The minimum atomic E-state index is -0.289. The fourth-order valence-electron chi connectivity index (χ4n) is 3.08. The molecule has 1 aliphatic rings. The van der Waals surface area contributed by atoms with Gasteiger partial charge in [-0.25, -0.2) is 4.99 Å². The van der Waals surface area contributed by atoms with Crippen molar-refractivity contribution in [3.05, 3.63) is 64.2 Å². The van der Waals surface area contributed by atoms with Crippen molar-refractivity contribution in [3.8, 4) is 0 Å². The van der Waals surface area contributed by atoms with Crippen LogP contribution >= 0.6 is 11.6 Å². The summed E-state index contributed by atoms with van der Waals surface area (Å²) in [4.78, 5) is 28.4. The number of amides is 2. The summed E-state index contributed by atoms with van der Waals surface area (Å²) in [5.74, 6) is -0.0539. The lowest BCUT2D eigenvalue weighted by atomic mass is 10.1. The average Bonchev–Trinajstić information content (AvgIpc) is 3.27. The number of hydrogen-bond acceptors (Lipinski definition) is 4. The third-order valence-electron chi connectivity index (χ3n) is 4.90. The molecule has 0 bridgehead atoms. The lowest BCUT2D eigenvalue weighted by molar-refractivity contribution is -0.119. The number of anilines is 1. The Morgan fingerprint density at radius 1 is 1.19 bits per heavy atom. The molecule has 164 valence electrons. The van der Waals surface area contributed by atoms with Gasteiger partial charge in [0.05, 0.1) is 12.6 Å². The van der Waals surface area contributed by atoms with Gasteiger partial charge in [0, 0.05) is 36.3 Å². The van der Waals surface area contributed by atoms with Crippen LogP contribution in [0.4, 0.5) is 5.69 Å². The van der Waals surface area contributed by atoms with Gasteiger partial charge in [0.15, 0.2) is 0 Å². The van der Waals surface area contributed by atoms with Crippen LogP contribution in [0.2, 0.25) is 5.02 Å². The van der Waals surface area contributed by atoms with Crippen molar-refractivity contribution in [1.29, 1.82) is 0 Å². The molecule has 0 unspecified atom stereocenters. The van der Waals surface area contributed by atoms with Gasteiger partial charge in [-0.1, -0.05) is 29.8 Å². The van der Waals surface area contributed by atoms with Gasteiger partial charge in [0.2, 0.25) is 11.9 Å². The molecule has 0 spiro atoms. The monoisotopic (exact) mass is 442 g/mol. The summed E-state index contributed by atoms with van der Waals surface area (Å²) in [6.07, 6.45) is 2.04. The van der Waals surface area contributed by atoms with Crippen LogP contribution in [0.3, 0.4) is 0 Å². The van der Waals surface area contributed by atoms with Gasteiger partial charge in [-0.2, -0.15) is 0 Å². The minimum absolute atomic E-state index is 0.0587. The maximum atomic E-state index is 12.8. The molecule has 8 heteroatoms. The second-order valence-corrected chi connectivity index (χ2v) is 7.88. The second kappa shape index (κ2) is 10.9. The van der Waals surface area contributed by atoms with Crippen LogP contribution in [0.25, 0.3) is 0 Å². The highest BCUT2D eigenvalue weighted by atomic mass is 35.5. The van der Waals surface area contributed by atoms with Crippen LogP contribution in [-0.2, 0) is 16.1 Å². The van der Waals surface area contributed by atoms with Gasteiger partial charge in [-0.05, 0) is 55.2 Å². The first kappa shape index (κ1) is 22.8. The second-order valence-electron chi connectivity index (χ2n) is 7.47. The summed E-state index contributed by atoms with van der Waals surface area (Å²) in [6.45, 7) is 5.01. The maximum Gasteiger partial charge on any atom is 0.257 e. The first-order valence-electron chi connectivity index (χ1n) is 10.2. The van der Waals surface area contributed by atoms with Crippen LogP contribution in [0.15, 0.2) is 47.5 Å². The van der Waals surface area contributed by atoms with Crippen LogP contribution in [0, 0.1) is 6.92 Å². The zero-order valence-electron chi connectivity index (χ0n) is 17.7. The van der Waals surface area contributed by atoms with E-state index in [1.54, 1.807) is 30.3 Å². The molecule has 2 aromatic carbocycles. The molecular weight excluding hydrogens is 416 g/mol. The molecule has 0 aliphatic carbocycles. The van der Waals surface area contributed by atoms with Gasteiger partial charge in [0.1, 0.15) is 0 Å². The highest BCUT2D eigenvalue weighted by molar-refractivity contribution is 6.31. The number of benzene rings is 2. The zero-order valence-corrected chi connectivity index (χ0v) is 18.5. The van der Waals surface area contributed by atoms with Crippen molar-refractivity contribution in [1.82, 2.24) is 10.6 Å². The Morgan fingerprint density at radius 3 is 2.61 bits per heavy atom. The highest BCUT2D eigenvalue weighted by Crippen LogP contribution is 2.20. The van der Waals surface area contributed by atoms with Crippen LogP contribution in [-0.4, -0.2) is 37.0 Å². The van der Waals surface area contributed by atoms with Gasteiger partial charge in [0.25, 0.3) is 5.91 Å². The molecule has 1 heterocycles. The van der Waals surface area contributed by atoms with Crippen LogP contribution in [0.5, 0.6) is 0 Å². The number of rotatable bonds is 6. The van der Waals surface area contributed by atoms with E-state index in [-0.39, 0.29) is 17.9 Å². The number of nitrogens with one attached hydrogen (secondary N) is 3. The Kier molecular flexibility index (Phi) is 8.03. The van der Waals surface area contributed by atoms with Crippen molar-refractivity contribution >= 4 is 35.1 Å². The number of carbonyl (C=O) groups excluding carboxylic acids is 2. The molecule has 2 aromatic rings. The average molecular weight is 443 g/mol. The highest BCUT2D eigenvalue weighted by Gasteiger charge is 2.16. The molecule has 1 aliphatic heterocycles. The fraction of sp³-hybridized carbons (Fsp3) is 0.348. The molecule has 2 amide bonds. The number of nitrogens with zero attached hydrogens (tertiary/aromatic N) is 1. The Bertz CT molecular complexity index is 954. The fourth-order valence-corrected chi connectivity index (χ4v) is 3.26. The molecule has 7 nitrogen and oxygen atoms in total. The zero-order chi connectivity index (χ0) is 22.2. The lowest BCUT2D eigenvalue weighted by Crippen LogP contribution is -2.36. The smallest absolute Gasteiger partial charge is 0.257 e. The van der Waals surface area contributed by atoms with Crippen LogP contribution in [0.1, 0.15) is 41.3 Å². The number of ether oxygens (including phenoxy) is 1. The predicted molar refractivity (Wildman–Crippen MR) is 123 cm³/mol. The van der Waals surface area contributed by atoms with E-state index in [4.69, 9.17) is 16.3 Å².